The van der Waals surface area contributed by atoms with Crippen LogP contribution in [0.4, 0.5) is 0 Å². The van der Waals surface area contributed by atoms with Gasteiger partial charge < -0.3 is 10.4 Å². The van der Waals surface area contributed by atoms with Crippen molar-refractivity contribution in [1.29, 1.82) is 0 Å². The maximum Gasteiger partial charge on any atom is 0.351 e. The van der Waals surface area contributed by atoms with Gasteiger partial charge in [0.1, 0.15) is 5.70 Å². The van der Waals surface area contributed by atoms with Crippen LogP contribution in [-0.4, -0.2) is 23.8 Å². The van der Waals surface area contributed by atoms with Gasteiger partial charge in [-0.15, -0.1) is 0 Å². The summed E-state index contributed by atoms with van der Waals surface area (Å²) in [5, 5.41) is 14.9. The Morgan fingerprint density at radius 1 is 1.67 bits per heavy atom. The van der Waals surface area contributed by atoms with Crippen LogP contribution in [0.3, 0.4) is 0 Å². The molecule has 66 valence electrons. The first-order valence-electron chi connectivity index (χ1n) is 4.22. The number of rotatable bonds is 1. The van der Waals surface area contributed by atoms with Gasteiger partial charge in [-0.2, -0.15) is 0 Å². The fraction of sp³-hybridized carbons (Fsp3) is 0.625. The second kappa shape index (κ2) is 2.79. The predicted molar refractivity (Wildman–Crippen MR) is 43.4 cm³/mol. The van der Waals surface area contributed by atoms with Crippen LogP contribution in [0, 0.1) is 5.92 Å². The zero-order valence-corrected chi connectivity index (χ0v) is 6.71. The predicted octanol–water partition coefficient (Wildman–Crippen LogP) is -0.116. The molecule has 4 nitrogen and oxygen atoms in total. The third-order valence-corrected chi connectivity index (χ3v) is 2.43. The van der Waals surface area contributed by atoms with E-state index in [9.17, 15) is 4.79 Å². The highest BCUT2D eigenvalue weighted by molar-refractivity contribution is 5.86. The first-order chi connectivity index (χ1) is 5.77. The third-order valence-electron chi connectivity index (χ3n) is 2.43. The lowest BCUT2D eigenvalue weighted by Gasteiger charge is -2.26. The molecule has 0 aromatic heterocycles. The van der Waals surface area contributed by atoms with Gasteiger partial charge in [0.05, 0.1) is 6.17 Å². The van der Waals surface area contributed by atoms with Crippen molar-refractivity contribution in [2.45, 2.75) is 19.0 Å². The van der Waals surface area contributed by atoms with Gasteiger partial charge in [0.25, 0.3) is 0 Å². The van der Waals surface area contributed by atoms with Crippen molar-refractivity contribution in [2.24, 2.45) is 5.92 Å². The van der Waals surface area contributed by atoms with Crippen LogP contribution in [0.25, 0.3) is 0 Å². The summed E-state index contributed by atoms with van der Waals surface area (Å²) in [6, 6.07) is 0. The van der Waals surface area contributed by atoms with Gasteiger partial charge in [0.2, 0.25) is 0 Å². The molecule has 2 aliphatic heterocycles. The second-order valence-corrected chi connectivity index (χ2v) is 3.27. The van der Waals surface area contributed by atoms with E-state index in [2.05, 4.69) is 10.6 Å². The van der Waals surface area contributed by atoms with Crippen LogP contribution >= 0.6 is 0 Å². The molecular formula is C8H12N2O2. The third kappa shape index (κ3) is 1.18. The number of fused-ring (bicyclic) bond motifs is 1. The second-order valence-electron chi connectivity index (χ2n) is 3.27. The molecule has 0 aliphatic carbocycles. The summed E-state index contributed by atoms with van der Waals surface area (Å²) in [5.41, 5.74) is 0.347. The average Bonchev–Trinajstić information content (AvgIpc) is 2.46. The molecule has 2 heterocycles. The fourth-order valence-electron chi connectivity index (χ4n) is 1.81. The largest absolute Gasteiger partial charge is 0.477 e. The summed E-state index contributed by atoms with van der Waals surface area (Å²) >= 11 is 0. The van der Waals surface area contributed by atoms with E-state index in [-0.39, 0.29) is 6.17 Å². The van der Waals surface area contributed by atoms with E-state index in [0.29, 0.717) is 11.6 Å². The van der Waals surface area contributed by atoms with Crippen molar-refractivity contribution < 1.29 is 9.90 Å². The zero-order valence-electron chi connectivity index (χ0n) is 6.71. The quantitative estimate of drug-likeness (QED) is 0.511. The summed E-state index contributed by atoms with van der Waals surface area (Å²) in [6.45, 7) is 0.981. The number of carbonyl (C=O) groups is 1. The Hall–Kier alpha value is -1.03. The molecule has 0 spiro atoms. The summed E-state index contributed by atoms with van der Waals surface area (Å²) < 4.78 is 0. The molecule has 0 aromatic carbocycles. The number of aliphatic carboxylic acids is 1. The van der Waals surface area contributed by atoms with Crippen LogP contribution < -0.4 is 10.6 Å². The van der Waals surface area contributed by atoms with Crippen LogP contribution in [0.5, 0.6) is 0 Å². The first-order valence-corrected chi connectivity index (χ1v) is 4.22. The normalized spacial score (nSPS) is 33.5. The Bertz CT molecular complexity index is 237. The minimum atomic E-state index is -0.855. The van der Waals surface area contributed by atoms with E-state index in [4.69, 9.17) is 5.11 Å². The Balaban J connectivity index is 2.09. The van der Waals surface area contributed by atoms with Crippen molar-refractivity contribution >= 4 is 5.97 Å². The smallest absolute Gasteiger partial charge is 0.351 e. The Kier molecular flexibility index (Phi) is 1.77. The molecule has 2 unspecified atom stereocenters. The van der Waals surface area contributed by atoms with Crippen LogP contribution in [0.2, 0.25) is 0 Å². The van der Waals surface area contributed by atoms with Gasteiger partial charge in [-0.05, 0) is 25.5 Å². The van der Waals surface area contributed by atoms with Crippen LogP contribution in [0.1, 0.15) is 12.8 Å². The summed E-state index contributed by atoms with van der Waals surface area (Å²) in [5.74, 6) is -0.490. The molecule has 0 bridgehead atoms. The Morgan fingerprint density at radius 2 is 2.50 bits per heavy atom. The van der Waals surface area contributed by atoms with Gasteiger partial charge in [0, 0.05) is 5.92 Å². The van der Waals surface area contributed by atoms with Crippen molar-refractivity contribution in [1.82, 2.24) is 10.6 Å². The average molecular weight is 168 g/mol. The zero-order chi connectivity index (χ0) is 8.55. The van der Waals surface area contributed by atoms with E-state index in [1.807, 2.05) is 6.08 Å². The molecule has 12 heavy (non-hydrogen) atoms. The van der Waals surface area contributed by atoms with Crippen molar-refractivity contribution in [2.75, 3.05) is 6.54 Å². The molecule has 0 aromatic rings. The molecule has 1 fully saturated rings. The lowest BCUT2D eigenvalue weighted by molar-refractivity contribution is -0.133. The van der Waals surface area contributed by atoms with E-state index in [1.54, 1.807) is 0 Å². The Labute approximate surface area is 70.6 Å². The molecular weight excluding hydrogens is 156 g/mol. The fourth-order valence-corrected chi connectivity index (χ4v) is 1.81. The molecule has 2 aliphatic rings. The number of carboxylic acids is 1. The maximum absolute atomic E-state index is 10.6. The van der Waals surface area contributed by atoms with E-state index >= 15 is 0 Å². The standard InChI is InChI=1S/C8H12N2O2/c11-8(12)6-4-5-2-1-3-9-7(5)10-6/h4-5,7,9-10H,1-3H2,(H,11,12). The van der Waals surface area contributed by atoms with Gasteiger partial charge in [-0.3, -0.25) is 5.32 Å². The van der Waals surface area contributed by atoms with E-state index < -0.39 is 5.97 Å². The molecule has 2 atom stereocenters. The minimum Gasteiger partial charge on any atom is -0.477 e. The molecule has 1 saturated heterocycles. The topological polar surface area (TPSA) is 61.4 Å². The molecule has 2 rings (SSSR count). The monoisotopic (exact) mass is 168 g/mol. The highest BCUT2D eigenvalue weighted by Crippen LogP contribution is 2.23. The van der Waals surface area contributed by atoms with Gasteiger partial charge in [-0.25, -0.2) is 4.79 Å². The van der Waals surface area contributed by atoms with Crippen molar-refractivity contribution in [3.8, 4) is 0 Å². The number of hydrogen-bond donors (Lipinski definition) is 3. The van der Waals surface area contributed by atoms with E-state index in [0.717, 1.165) is 19.4 Å². The van der Waals surface area contributed by atoms with Gasteiger partial charge >= 0.3 is 5.97 Å². The van der Waals surface area contributed by atoms with Gasteiger partial charge in [-0.1, -0.05) is 0 Å². The van der Waals surface area contributed by atoms with Crippen LogP contribution in [0.15, 0.2) is 11.8 Å². The van der Waals surface area contributed by atoms with E-state index in [1.165, 1.54) is 0 Å². The highest BCUT2D eigenvalue weighted by Gasteiger charge is 2.31. The number of piperidine rings is 1. The summed E-state index contributed by atoms with van der Waals surface area (Å²) in [6.07, 6.45) is 4.19. The first kappa shape index (κ1) is 7.61. The van der Waals surface area contributed by atoms with Gasteiger partial charge in [0.15, 0.2) is 0 Å². The van der Waals surface area contributed by atoms with Crippen molar-refractivity contribution in [3.05, 3.63) is 11.8 Å². The minimum absolute atomic E-state index is 0.157. The molecule has 4 heteroatoms. The van der Waals surface area contributed by atoms with Crippen molar-refractivity contribution in [3.63, 3.8) is 0 Å². The Morgan fingerprint density at radius 3 is 3.17 bits per heavy atom. The number of hydrogen-bond acceptors (Lipinski definition) is 3. The molecule has 0 amide bonds. The highest BCUT2D eigenvalue weighted by atomic mass is 16.4. The molecule has 3 N–H and O–H groups in total. The number of carboxylic acid groups (broad SMARTS) is 1. The molecule has 0 saturated carbocycles. The summed E-state index contributed by atoms with van der Waals surface area (Å²) in [7, 11) is 0. The summed E-state index contributed by atoms with van der Waals surface area (Å²) in [4.78, 5) is 10.6. The lowest BCUT2D eigenvalue weighted by Crippen LogP contribution is -2.46. The lowest BCUT2D eigenvalue weighted by atomic mass is 9.98. The SMILES string of the molecule is O=C(O)C1=CC2CCCNC2N1. The van der Waals surface area contributed by atoms with Crippen LogP contribution in [-0.2, 0) is 4.79 Å². The molecule has 0 radical (unpaired) electrons. The number of nitrogens with one attached hydrogen (secondary N) is 2. The maximum atomic E-state index is 10.6.